The number of aromatic nitrogens is 3. The Kier molecular flexibility index (Phi) is 2.19. The molecule has 0 saturated heterocycles. The quantitative estimate of drug-likeness (QED) is 0.626. The summed E-state index contributed by atoms with van der Waals surface area (Å²) < 4.78 is 1.75. The van der Waals surface area contributed by atoms with E-state index in [1.807, 2.05) is 36.4 Å². The fourth-order valence-corrected chi connectivity index (χ4v) is 1.75. The van der Waals surface area contributed by atoms with Crippen molar-refractivity contribution >= 4 is 17.3 Å². The number of nitrogens with zero attached hydrogens (tertiary/aromatic N) is 3. The zero-order valence-electron chi connectivity index (χ0n) is 8.95. The largest absolute Gasteiger partial charge is 0.298 e. The van der Waals surface area contributed by atoms with Gasteiger partial charge in [-0.1, -0.05) is 17.3 Å². The molecule has 0 aliphatic carbocycles. The molecule has 1 heterocycles. The first kappa shape index (κ1) is 9.72. The number of hydrogen-bond acceptors (Lipinski definition) is 3. The summed E-state index contributed by atoms with van der Waals surface area (Å²) in [5, 5.41) is 8.18. The van der Waals surface area contributed by atoms with Crippen molar-refractivity contribution in [2.75, 3.05) is 0 Å². The summed E-state index contributed by atoms with van der Waals surface area (Å²) in [7, 11) is 0. The monoisotopic (exact) mass is 223 g/mol. The molecule has 0 radical (unpaired) electrons. The maximum absolute atomic E-state index is 10.6. The SMILES string of the molecule is O=Cc1ccc(-n2nnc3ccccc32)cc1. The molecule has 4 nitrogen and oxygen atoms in total. The normalized spacial score (nSPS) is 10.6. The van der Waals surface area contributed by atoms with Crippen molar-refractivity contribution in [3.63, 3.8) is 0 Å². The van der Waals surface area contributed by atoms with E-state index in [2.05, 4.69) is 10.3 Å². The number of fused-ring (bicyclic) bond motifs is 1. The van der Waals surface area contributed by atoms with Crippen LogP contribution in [0.25, 0.3) is 16.7 Å². The Labute approximate surface area is 97.5 Å². The van der Waals surface area contributed by atoms with Gasteiger partial charge in [-0.3, -0.25) is 4.79 Å². The Morgan fingerprint density at radius 1 is 1.00 bits per heavy atom. The molecule has 0 spiro atoms. The molecular formula is C13H9N3O. The van der Waals surface area contributed by atoms with Gasteiger partial charge in [-0.2, -0.15) is 0 Å². The van der Waals surface area contributed by atoms with Gasteiger partial charge >= 0.3 is 0 Å². The van der Waals surface area contributed by atoms with E-state index in [-0.39, 0.29) is 0 Å². The molecule has 0 aliphatic rings. The molecule has 0 bridgehead atoms. The average Bonchev–Trinajstić information content (AvgIpc) is 2.83. The van der Waals surface area contributed by atoms with E-state index in [1.165, 1.54) is 0 Å². The van der Waals surface area contributed by atoms with E-state index in [1.54, 1.807) is 16.8 Å². The van der Waals surface area contributed by atoms with Crippen LogP contribution in [0, 0.1) is 0 Å². The molecular weight excluding hydrogens is 214 g/mol. The molecule has 0 unspecified atom stereocenters. The van der Waals surface area contributed by atoms with Crippen LogP contribution in [0.2, 0.25) is 0 Å². The fraction of sp³-hybridized carbons (Fsp3) is 0. The number of aldehydes is 1. The summed E-state index contributed by atoms with van der Waals surface area (Å²) >= 11 is 0. The van der Waals surface area contributed by atoms with Crippen LogP contribution in [0.5, 0.6) is 0 Å². The molecule has 0 aliphatic heterocycles. The molecule has 3 rings (SSSR count). The average molecular weight is 223 g/mol. The van der Waals surface area contributed by atoms with Crippen LogP contribution in [0.15, 0.2) is 48.5 Å². The van der Waals surface area contributed by atoms with Gasteiger partial charge in [0.1, 0.15) is 11.8 Å². The topological polar surface area (TPSA) is 47.8 Å². The van der Waals surface area contributed by atoms with E-state index in [9.17, 15) is 4.79 Å². The van der Waals surface area contributed by atoms with Crippen LogP contribution in [0.4, 0.5) is 0 Å². The van der Waals surface area contributed by atoms with Crippen molar-refractivity contribution < 1.29 is 4.79 Å². The Morgan fingerprint density at radius 3 is 2.53 bits per heavy atom. The van der Waals surface area contributed by atoms with Crippen LogP contribution >= 0.6 is 0 Å². The standard InChI is InChI=1S/C13H9N3O/c17-9-10-5-7-11(8-6-10)16-13-4-2-1-3-12(13)14-15-16/h1-9H. The highest BCUT2D eigenvalue weighted by atomic mass is 16.1. The first-order valence-electron chi connectivity index (χ1n) is 5.24. The molecule has 2 aromatic carbocycles. The number of para-hydroxylation sites is 1. The second kappa shape index (κ2) is 3.83. The molecule has 0 amide bonds. The molecule has 82 valence electrons. The van der Waals surface area contributed by atoms with Crippen LogP contribution in [-0.4, -0.2) is 21.3 Å². The Hall–Kier alpha value is -2.49. The van der Waals surface area contributed by atoms with Gasteiger partial charge in [-0.05, 0) is 36.4 Å². The minimum atomic E-state index is 0.651. The molecule has 0 N–H and O–H groups in total. The fourth-order valence-electron chi connectivity index (χ4n) is 1.75. The predicted octanol–water partition coefficient (Wildman–Crippen LogP) is 2.23. The lowest BCUT2D eigenvalue weighted by Gasteiger charge is -2.01. The summed E-state index contributed by atoms with van der Waals surface area (Å²) in [4.78, 5) is 10.6. The van der Waals surface area contributed by atoms with Gasteiger partial charge in [0.2, 0.25) is 0 Å². The number of carbonyl (C=O) groups excluding carboxylic acids is 1. The van der Waals surface area contributed by atoms with Gasteiger partial charge in [0.05, 0.1) is 11.2 Å². The second-order valence-electron chi connectivity index (χ2n) is 3.70. The van der Waals surface area contributed by atoms with Crippen LogP contribution < -0.4 is 0 Å². The zero-order chi connectivity index (χ0) is 11.7. The lowest BCUT2D eigenvalue weighted by molar-refractivity contribution is 0.112. The summed E-state index contributed by atoms with van der Waals surface area (Å²) in [6, 6.07) is 15.0. The Morgan fingerprint density at radius 2 is 1.76 bits per heavy atom. The van der Waals surface area contributed by atoms with E-state index in [0.717, 1.165) is 23.0 Å². The first-order valence-corrected chi connectivity index (χ1v) is 5.24. The van der Waals surface area contributed by atoms with E-state index in [4.69, 9.17) is 0 Å². The van der Waals surface area contributed by atoms with Gasteiger partial charge < -0.3 is 0 Å². The molecule has 0 saturated carbocycles. The third-order valence-corrected chi connectivity index (χ3v) is 2.63. The summed E-state index contributed by atoms with van der Waals surface area (Å²) in [6.07, 6.45) is 0.823. The molecule has 17 heavy (non-hydrogen) atoms. The number of hydrogen-bond donors (Lipinski definition) is 0. The highest BCUT2D eigenvalue weighted by Gasteiger charge is 2.04. The molecule has 3 aromatic rings. The summed E-state index contributed by atoms with van der Waals surface area (Å²) in [5.74, 6) is 0. The van der Waals surface area contributed by atoms with Crippen molar-refractivity contribution in [1.82, 2.24) is 15.0 Å². The van der Waals surface area contributed by atoms with Gasteiger partial charge in [0, 0.05) is 5.56 Å². The van der Waals surface area contributed by atoms with Crippen molar-refractivity contribution in [3.05, 3.63) is 54.1 Å². The first-order chi connectivity index (χ1) is 8.38. The predicted molar refractivity (Wildman–Crippen MR) is 64.3 cm³/mol. The Balaban J connectivity index is 2.16. The summed E-state index contributed by atoms with van der Waals surface area (Å²) in [5.41, 5.74) is 3.35. The third kappa shape index (κ3) is 1.59. The highest BCUT2D eigenvalue weighted by molar-refractivity contribution is 5.77. The highest BCUT2D eigenvalue weighted by Crippen LogP contribution is 2.15. The van der Waals surface area contributed by atoms with Gasteiger partial charge in [-0.25, -0.2) is 4.68 Å². The Bertz CT molecular complexity index is 670. The maximum Gasteiger partial charge on any atom is 0.150 e. The minimum Gasteiger partial charge on any atom is -0.298 e. The van der Waals surface area contributed by atoms with Crippen LogP contribution in [0.1, 0.15) is 10.4 Å². The third-order valence-electron chi connectivity index (χ3n) is 2.63. The van der Waals surface area contributed by atoms with E-state index >= 15 is 0 Å². The minimum absolute atomic E-state index is 0.651. The van der Waals surface area contributed by atoms with Crippen molar-refractivity contribution in [3.8, 4) is 5.69 Å². The molecule has 1 aromatic heterocycles. The van der Waals surface area contributed by atoms with Crippen molar-refractivity contribution in [1.29, 1.82) is 0 Å². The zero-order valence-corrected chi connectivity index (χ0v) is 8.95. The lowest BCUT2D eigenvalue weighted by atomic mass is 10.2. The van der Waals surface area contributed by atoms with Gasteiger partial charge in [0.25, 0.3) is 0 Å². The van der Waals surface area contributed by atoms with E-state index < -0.39 is 0 Å². The van der Waals surface area contributed by atoms with E-state index in [0.29, 0.717) is 5.56 Å². The number of carbonyl (C=O) groups is 1. The van der Waals surface area contributed by atoms with Gasteiger partial charge in [-0.15, -0.1) is 5.10 Å². The number of benzene rings is 2. The molecule has 0 fully saturated rings. The lowest BCUT2D eigenvalue weighted by Crippen LogP contribution is -1.96. The summed E-state index contributed by atoms with van der Waals surface area (Å²) in [6.45, 7) is 0. The van der Waals surface area contributed by atoms with Crippen LogP contribution in [-0.2, 0) is 0 Å². The maximum atomic E-state index is 10.6. The van der Waals surface area contributed by atoms with Gasteiger partial charge in [0.15, 0.2) is 0 Å². The van der Waals surface area contributed by atoms with Crippen molar-refractivity contribution in [2.45, 2.75) is 0 Å². The molecule has 4 heteroatoms. The smallest absolute Gasteiger partial charge is 0.150 e. The van der Waals surface area contributed by atoms with Crippen molar-refractivity contribution in [2.24, 2.45) is 0 Å². The second-order valence-corrected chi connectivity index (χ2v) is 3.70. The number of rotatable bonds is 2. The van der Waals surface area contributed by atoms with Crippen LogP contribution in [0.3, 0.4) is 0 Å². The molecule has 0 atom stereocenters.